The van der Waals surface area contributed by atoms with Gasteiger partial charge in [0.2, 0.25) is 0 Å². The molecule has 6 heteroatoms. The van der Waals surface area contributed by atoms with Crippen molar-refractivity contribution < 1.29 is 0 Å². The first-order valence-electron chi connectivity index (χ1n) is 9.96. The molecule has 3 aromatic rings. The maximum atomic E-state index is 7.43. The third kappa shape index (κ3) is 6.67. The van der Waals surface area contributed by atoms with Crippen molar-refractivity contribution in [2.45, 2.75) is 26.9 Å². The lowest BCUT2D eigenvalue weighted by Crippen LogP contribution is -2.11. The van der Waals surface area contributed by atoms with E-state index >= 15 is 0 Å². The number of amidine groups is 2. The molecule has 0 fully saturated rings. The van der Waals surface area contributed by atoms with Crippen molar-refractivity contribution in [1.29, 1.82) is 10.8 Å². The van der Waals surface area contributed by atoms with Gasteiger partial charge in [0.15, 0.2) is 0 Å². The van der Waals surface area contributed by atoms with Crippen LogP contribution in [0.15, 0.2) is 72.8 Å². The van der Waals surface area contributed by atoms with Crippen LogP contribution >= 0.6 is 0 Å². The summed E-state index contributed by atoms with van der Waals surface area (Å²) in [5.74, 6) is 0.144. The van der Waals surface area contributed by atoms with E-state index in [1.54, 1.807) is 0 Å². The van der Waals surface area contributed by atoms with Gasteiger partial charge in [0, 0.05) is 35.6 Å². The van der Waals surface area contributed by atoms with Crippen molar-refractivity contribution in [2.24, 2.45) is 11.5 Å². The molecule has 30 heavy (non-hydrogen) atoms. The second-order valence-corrected chi connectivity index (χ2v) is 6.51. The van der Waals surface area contributed by atoms with Gasteiger partial charge in [-0.25, -0.2) is 0 Å². The zero-order valence-corrected chi connectivity index (χ0v) is 17.5. The average Bonchev–Trinajstić information content (AvgIpc) is 2.78. The fraction of sp³-hybridized carbons (Fsp3) is 0.167. The Bertz CT molecular complexity index is 885. The molecule has 0 aliphatic carbocycles. The third-order valence-electron chi connectivity index (χ3n) is 4.38. The summed E-state index contributed by atoms with van der Waals surface area (Å²) in [4.78, 5) is 0. The van der Waals surface area contributed by atoms with Crippen molar-refractivity contribution in [3.63, 3.8) is 0 Å². The number of benzene rings is 3. The maximum Gasteiger partial charge on any atom is 0.122 e. The Labute approximate surface area is 178 Å². The summed E-state index contributed by atoms with van der Waals surface area (Å²) in [5.41, 5.74) is 16.7. The summed E-state index contributed by atoms with van der Waals surface area (Å²) >= 11 is 0. The lowest BCUT2D eigenvalue weighted by atomic mass is 10.1. The fourth-order valence-corrected chi connectivity index (χ4v) is 2.79. The number of nitrogens with two attached hydrogens (primary N) is 2. The first-order valence-corrected chi connectivity index (χ1v) is 9.96. The normalized spacial score (nSPS) is 9.80. The molecule has 0 amide bonds. The van der Waals surface area contributed by atoms with Crippen molar-refractivity contribution in [3.8, 4) is 0 Å². The molecule has 3 rings (SSSR count). The Kier molecular flexibility index (Phi) is 8.44. The highest BCUT2D eigenvalue weighted by atomic mass is 14.9. The van der Waals surface area contributed by atoms with Crippen LogP contribution in [0.25, 0.3) is 0 Å². The maximum absolute atomic E-state index is 7.43. The standard InChI is InChI=1S/C22H24N6.C2H6/c23-21(24)17-4-8-19(9-5-17)27-13-15-2-1-3-16(12-15)14-28-20-10-6-18(7-11-20)22(25)26;1-2/h1-12,27-28H,13-14H2,(H3,23,24)(H3,25,26);1-2H3. The zero-order valence-electron chi connectivity index (χ0n) is 17.5. The van der Waals surface area contributed by atoms with Gasteiger partial charge in [-0.2, -0.15) is 0 Å². The smallest absolute Gasteiger partial charge is 0.122 e. The first-order chi connectivity index (χ1) is 14.5. The molecule has 0 bridgehead atoms. The molecule has 0 atom stereocenters. The van der Waals surface area contributed by atoms with E-state index < -0.39 is 0 Å². The molecular weight excluding hydrogens is 372 g/mol. The number of hydrogen-bond acceptors (Lipinski definition) is 4. The summed E-state index contributed by atoms with van der Waals surface area (Å²) in [7, 11) is 0. The van der Waals surface area contributed by atoms with E-state index in [1.807, 2.05) is 68.4 Å². The molecule has 0 aliphatic rings. The van der Waals surface area contributed by atoms with E-state index in [9.17, 15) is 0 Å². The highest BCUT2D eigenvalue weighted by Crippen LogP contribution is 2.14. The molecule has 0 saturated carbocycles. The van der Waals surface area contributed by atoms with E-state index in [4.69, 9.17) is 22.3 Å². The van der Waals surface area contributed by atoms with Gasteiger partial charge in [-0.1, -0.05) is 38.1 Å². The highest BCUT2D eigenvalue weighted by molar-refractivity contribution is 5.95. The van der Waals surface area contributed by atoms with Gasteiger partial charge in [0.25, 0.3) is 0 Å². The first kappa shape index (κ1) is 22.5. The van der Waals surface area contributed by atoms with Crippen LogP contribution in [0.1, 0.15) is 36.1 Å². The predicted molar refractivity (Wildman–Crippen MR) is 127 cm³/mol. The number of hydrogen-bond donors (Lipinski definition) is 6. The van der Waals surface area contributed by atoms with Gasteiger partial charge in [-0.15, -0.1) is 0 Å². The fourth-order valence-electron chi connectivity index (χ4n) is 2.79. The topological polar surface area (TPSA) is 124 Å². The lowest BCUT2D eigenvalue weighted by Gasteiger charge is -2.11. The second kappa shape index (κ2) is 11.3. The Balaban J connectivity index is 0.00000155. The van der Waals surface area contributed by atoms with Gasteiger partial charge >= 0.3 is 0 Å². The summed E-state index contributed by atoms with van der Waals surface area (Å²) in [6, 6.07) is 23.4. The SMILES string of the molecule is CC.N=C(N)c1ccc(NCc2cccc(CNc3ccc(C(=N)N)cc3)c2)cc1. The second-order valence-electron chi connectivity index (χ2n) is 6.51. The van der Waals surface area contributed by atoms with Crippen LogP contribution in [0.4, 0.5) is 11.4 Å². The Morgan fingerprint density at radius 1 is 0.667 bits per heavy atom. The predicted octanol–water partition coefficient (Wildman–Crippen LogP) is 4.51. The minimum atomic E-state index is 0.0719. The quantitative estimate of drug-likeness (QED) is 0.245. The minimum Gasteiger partial charge on any atom is -0.384 e. The molecule has 0 saturated heterocycles. The van der Waals surface area contributed by atoms with Gasteiger partial charge in [0.05, 0.1) is 0 Å². The Morgan fingerprint density at radius 2 is 1.03 bits per heavy atom. The van der Waals surface area contributed by atoms with Crippen LogP contribution in [-0.2, 0) is 13.1 Å². The van der Waals surface area contributed by atoms with Crippen LogP contribution < -0.4 is 22.1 Å². The van der Waals surface area contributed by atoms with Crippen LogP contribution in [0.5, 0.6) is 0 Å². The van der Waals surface area contributed by atoms with E-state index in [0.29, 0.717) is 13.1 Å². The Hall–Kier alpha value is -3.80. The number of rotatable bonds is 8. The molecule has 8 N–H and O–H groups in total. The average molecular weight is 403 g/mol. The van der Waals surface area contributed by atoms with Gasteiger partial charge in [-0.3, -0.25) is 10.8 Å². The third-order valence-corrected chi connectivity index (χ3v) is 4.38. The van der Waals surface area contributed by atoms with Crippen LogP contribution in [-0.4, -0.2) is 11.7 Å². The van der Waals surface area contributed by atoms with E-state index in [2.05, 4.69) is 28.8 Å². The van der Waals surface area contributed by atoms with Crippen molar-refractivity contribution in [2.75, 3.05) is 10.6 Å². The monoisotopic (exact) mass is 402 g/mol. The van der Waals surface area contributed by atoms with Gasteiger partial charge < -0.3 is 22.1 Å². The molecule has 0 heterocycles. The summed E-state index contributed by atoms with van der Waals surface area (Å²) < 4.78 is 0. The summed E-state index contributed by atoms with van der Waals surface area (Å²) in [6.45, 7) is 5.42. The van der Waals surface area contributed by atoms with Crippen LogP contribution in [0.2, 0.25) is 0 Å². The molecular formula is C24H30N6. The minimum absolute atomic E-state index is 0.0719. The molecule has 0 aliphatic heterocycles. The Morgan fingerprint density at radius 3 is 1.37 bits per heavy atom. The molecule has 0 spiro atoms. The molecule has 0 unspecified atom stereocenters. The van der Waals surface area contributed by atoms with Crippen LogP contribution in [0.3, 0.4) is 0 Å². The molecule has 156 valence electrons. The molecule has 6 nitrogen and oxygen atoms in total. The molecule has 0 radical (unpaired) electrons. The van der Waals surface area contributed by atoms with Crippen molar-refractivity contribution in [3.05, 3.63) is 95.1 Å². The zero-order chi connectivity index (χ0) is 21.9. The number of anilines is 2. The van der Waals surface area contributed by atoms with Crippen LogP contribution in [0, 0.1) is 10.8 Å². The molecule has 0 aromatic heterocycles. The highest BCUT2D eigenvalue weighted by Gasteiger charge is 2.01. The van der Waals surface area contributed by atoms with Gasteiger partial charge in [0.1, 0.15) is 11.7 Å². The van der Waals surface area contributed by atoms with E-state index in [1.165, 1.54) is 11.1 Å². The molecule has 3 aromatic carbocycles. The number of nitrogen functional groups attached to an aromatic ring is 2. The van der Waals surface area contributed by atoms with Gasteiger partial charge in [-0.05, 0) is 59.7 Å². The van der Waals surface area contributed by atoms with E-state index in [0.717, 1.165) is 22.5 Å². The lowest BCUT2D eigenvalue weighted by molar-refractivity contribution is 1.10. The van der Waals surface area contributed by atoms with Crippen molar-refractivity contribution >= 4 is 23.0 Å². The van der Waals surface area contributed by atoms with Crippen molar-refractivity contribution in [1.82, 2.24) is 0 Å². The largest absolute Gasteiger partial charge is 0.384 e. The summed E-state index contributed by atoms with van der Waals surface area (Å²) in [5, 5.41) is 21.6. The summed E-state index contributed by atoms with van der Waals surface area (Å²) in [6.07, 6.45) is 0. The van der Waals surface area contributed by atoms with E-state index in [-0.39, 0.29) is 11.7 Å². The number of nitrogens with one attached hydrogen (secondary N) is 4.